The second-order valence-electron chi connectivity index (χ2n) is 9.49. The van der Waals surface area contributed by atoms with Gasteiger partial charge in [0.2, 0.25) is 0 Å². The van der Waals surface area contributed by atoms with Crippen LogP contribution >= 0.6 is 0 Å². The van der Waals surface area contributed by atoms with Crippen molar-refractivity contribution in [3.63, 3.8) is 0 Å². The van der Waals surface area contributed by atoms with E-state index in [2.05, 4.69) is 33.3 Å². The molecule has 0 saturated carbocycles. The molecule has 3 aromatic heterocycles. The second-order valence-corrected chi connectivity index (χ2v) is 9.49. The summed E-state index contributed by atoms with van der Waals surface area (Å²) >= 11 is 0. The molecule has 2 N–H and O–H groups in total. The minimum atomic E-state index is -0.904. The molecule has 0 aliphatic carbocycles. The SMILES string of the molecule is Cc1c[nH]c2ncc(-c3cc4c(c([C@@H]5CCCN5C(=O)O)c3)CN(C(=O)c3cnn(C)c3)C4)cc12. The number of benzene rings is 1. The van der Waals surface area contributed by atoms with E-state index in [9.17, 15) is 14.7 Å². The maximum absolute atomic E-state index is 13.2. The molecule has 35 heavy (non-hydrogen) atoms. The van der Waals surface area contributed by atoms with Gasteiger partial charge in [-0.2, -0.15) is 5.10 Å². The predicted molar refractivity (Wildman–Crippen MR) is 130 cm³/mol. The van der Waals surface area contributed by atoms with Gasteiger partial charge in [-0.25, -0.2) is 9.78 Å². The fourth-order valence-corrected chi connectivity index (χ4v) is 5.48. The first kappa shape index (κ1) is 21.4. The summed E-state index contributed by atoms with van der Waals surface area (Å²) in [6.45, 7) is 3.50. The molecule has 0 spiro atoms. The number of carbonyl (C=O) groups is 2. The number of nitrogens with one attached hydrogen (secondary N) is 1. The molecular weight excluding hydrogens is 444 g/mol. The number of fused-ring (bicyclic) bond motifs is 2. The van der Waals surface area contributed by atoms with E-state index in [0.29, 0.717) is 25.2 Å². The molecule has 0 radical (unpaired) electrons. The third kappa shape index (κ3) is 3.54. The smallest absolute Gasteiger partial charge is 0.407 e. The Balaban J connectivity index is 1.45. The van der Waals surface area contributed by atoms with Crippen LogP contribution in [0.15, 0.2) is 43.0 Å². The van der Waals surface area contributed by atoms with Crippen molar-refractivity contribution in [2.45, 2.75) is 38.9 Å². The van der Waals surface area contributed by atoms with E-state index in [1.165, 1.54) is 4.90 Å². The Kier molecular flexibility index (Phi) is 4.87. The molecule has 1 atom stereocenters. The predicted octanol–water partition coefficient (Wildman–Crippen LogP) is 4.24. The Morgan fingerprint density at radius 3 is 2.77 bits per heavy atom. The van der Waals surface area contributed by atoms with Gasteiger partial charge in [0.15, 0.2) is 0 Å². The molecule has 0 unspecified atom stereocenters. The van der Waals surface area contributed by atoms with Gasteiger partial charge in [-0.05, 0) is 65.8 Å². The minimum Gasteiger partial charge on any atom is -0.465 e. The van der Waals surface area contributed by atoms with Gasteiger partial charge in [0.1, 0.15) is 5.65 Å². The monoisotopic (exact) mass is 470 g/mol. The molecule has 0 bridgehead atoms. The Bertz CT molecular complexity index is 1490. The van der Waals surface area contributed by atoms with Crippen LogP contribution in [-0.2, 0) is 20.1 Å². The Labute approximate surface area is 202 Å². The number of likely N-dealkylation sites (tertiary alicyclic amines) is 1. The number of carboxylic acid groups (broad SMARTS) is 1. The molecule has 2 aliphatic heterocycles. The zero-order chi connectivity index (χ0) is 24.3. The number of hydrogen-bond acceptors (Lipinski definition) is 4. The van der Waals surface area contributed by atoms with E-state index in [1.54, 1.807) is 24.1 Å². The van der Waals surface area contributed by atoms with Crippen molar-refractivity contribution in [1.82, 2.24) is 29.5 Å². The van der Waals surface area contributed by atoms with Gasteiger partial charge in [-0.1, -0.05) is 0 Å². The molecule has 2 amide bonds. The summed E-state index contributed by atoms with van der Waals surface area (Å²) in [5.41, 5.74) is 7.57. The van der Waals surface area contributed by atoms with Gasteiger partial charge >= 0.3 is 6.09 Å². The number of hydrogen-bond donors (Lipinski definition) is 2. The number of pyridine rings is 1. The van der Waals surface area contributed by atoms with Crippen LogP contribution in [0.2, 0.25) is 0 Å². The van der Waals surface area contributed by atoms with E-state index in [0.717, 1.165) is 57.3 Å². The Hall–Kier alpha value is -4.14. The van der Waals surface area contributed by atoms with E-state index in [4.69, 9.17) is 0 Å². The van der Waals surface area contributed by atoms with Crippen LogP contribution in [0.4, 0.5) is 4.79 Å². The van der Waals surface area contributed by atoms with E-state index >= 15 is 0 Å². The van der Waals surface area contributed by atoms with Crippen LogP contribution in [0.25, 0.3) is 22.2 Å². The Morgan fingerprint density at radius 2 is 2.00 bits per heavy atom. The fraction of sp³-hybridized carbons (Fsp3) is 0.308. The molecule has 9 heteroatoms. The molecule has 5 heterocycles. The van der Waals surface area contributed by atoms with Crippen molar-refractivity contribution in [2.24, 2.45) is 7.05 Å². The van der Waals surface area contributed by atoms with Crippen LogP contribution in [0.1, 0.15) is 51.5 Å². The minimum absolute atomic E-state index is 0.0747. The lowest BCUT2D eigenvalue weighted by molar-refractivity contribution is 0.0750. The van der Waals surface area contributed by atoms with E-state index in [1.807, 2.05) is 24.2 Å². The molecule has 178 valence electrons. The van der Waals surface area contributed by atoms with Crippen molar-refractivity contribution < 1.29 is 14.7 Å². The number of aromatic amines is 1. The van der Waals surface area contributed by atoms with Crippen LogP contribution in [-0.4, -0.2) is 53.2 Å². The number of rotatable bonds is 3. The highest BCUT2D eigenvalue weighted by Crippen LogP contribution is 2.41. The van der Waals surface area contributed by atoms with Crippen LogP contribution in [0.3, 0.4) is 0 Å². The van der Waals surface area contributed by atoms with Crippen molar-refractivity contribution in [1.29, 1.82) is 0 Å². The van der Waals surface area contributed by atoms with E-state index < -0.39 is 6.09 Å². The number of aryl methyl sites for hydroxylation is 2. The maximum atomic E-state index is 13.2. The average Bonchev–Trinajstić information content (AvgIpc) is 3.64. The highest BCUT2D eigenvalue weighted by atomic mass is 16.4. The van der Waals surface area contributed by atoms with Gasteiger partial charge in [-0.15, -0.1) is 0 Å². The highest BCUT2D eigenvalue weighted by molar-refractivity contribution is 5.94. The summed E-state index contributed by atoms with van der Waals surface area (Å²) in [7, 11) is 1.79. The van der Waals surface area contributed by atoms with Crippen molar-refractivity contribution in [2.75, 3.05) is 6.54 Å². The average molecular weight is 471 g/mol. The zero-order valence-electron chi connectivity index (χ0n) is 19.7. The first-order valence-electron chi connectivity index (χ1n) is 11.8. The second kappa shape index (κ2) is 7.97. The van der Waals surface area contributed by atoms with Crippen LogP contribution in [0.5, 0.6) is 0 Å². The van der Waals surface area contributed by atoms with Gasteiger partial charge in [0.05, 0.1) is 17.8 Å². The van der Waals surface area contributed by atoms with Gasteiger partial charge in [0, 0.05) is 56.2 Å². The lowest BCUT2D eigenvalue weighted by Crippen LogP contribution is -2.29. The number of carbonyl (C=O) groups excluding carboxylic acids is 1. The molecule has 1 saturated heterocycles. The summed E-state index contributed by atoms with van der Waals surface area (Å²) in [6.07, 6.45) is 7.79. The van der Waals surface area contributed by atoms with Gasteiger partial charge in [-0.3, -0.25) is 9.48 Å². The first-order chi connectivity index (χ1) is 16.9. The summed E-state index contributed by atoms with van der Waals surface area (Å²) in [5.74, 6) is -0.0747. The number of H-pyrrole nitrogens is 1. The lowest BCUT2D eigenvalue weighted by Gasteiger charge is -2.25. The molecule has 9 nitrogen and oxygen atoms in total. The first-order valence-corrected chi connectivity index (χ1v) is 11.8. The maximum Gasteiger partial charge on any atom is 0.407 e. The van der Waals surface area contributed by atoms with Gasteiger partial charge < -0.3 is 19.9 Å². The lowest BCUT2D eigenvalue weighted by atomic mass is 9.91. The summed E-state index contributed by atoms with van der Waals surface area (Å²) < 4.78 is 1.62. The fourth-order valence-electron chi connectivity index (χ4n) is 5.48. The molecule has 4 aromatic rings. The summed E-state index contributed by atoms with van der Waals surface area (Å²) in [4.78, 5) is 36.3. The molecule has 1 fully saturated rings. The van der Waals surface area contributed by atoms with E-state index in [-0.39, 0.29) is 11.9 Å². The molecule has 6 rings (SSSR count). The molecular formula is C26H26N6O3. The van der Waals surface area contributed by atoms with Crippen molar-refractivity contribution in [3.05, 3.63) is 70.8 Å². The largest absolute Gasteiger partial charge is 0.465 e. The summed E-state index contributed by atoms with van der Waals surface area (Å²) in [5, 5.41) is 15.0. The third-order valence-corrected chi connectivity index (χ3v) is 7.25. The quantitative estimate of drug-likeness (QED) is 0.466. The highest BCUT2D eigenvalue weighted by Gasteiger charge is 2.35. The van der Waals surface area contributed by atoms with Crippen LogP contribution < -0.4 is 0 Å². The van der Waals surface area contributed by atoms with Gasteiger partial charge in [0.25, 0.3) is 5.91 Å². The van der Waals surface area contributed by atoms with Crippen molar-refractivity contribution in [3.8, 4) is 11.1 Å². The number of amides is 2. The zero-order valence-corrected chi connectivity index (χ0v) is 19.7. The molecule has 1 aromatic carbocycles. The third-order valence-electron chi connectivity index (χ3n) is 7.25. The van der Waals surface area contributed by atoms with Crippen LogP contribution in [0, 0.1) is 6.92 Å². The summed E-state index contributed by atoms with van der Waals surface area (Å²) in [6, 6.07) is 6.13. The Morgan fingerprint density at radius 1 is 1.14 bits per heavy atom. The normalized spacial score (nSPS) is 17.4. The number of nitrogens with zero attached hydrogens (tertiary/aromatic N) is 5. The topological polar surface area (TPSA) is 107 Å². The van der Waals surface area contributed by atoms with Crippen molar-refractivity contribution >= 4 is 23.0 Å². The standard InChI is InChI=1S/C26H26N6O3/c1-15-9-27-24-20(15)8-17(10-28-24)16-6-18-13-31(25(33)19-11-29-30(2)12-19)14-22(18)21(7-16)23-4-3-5-32(23)26(34)35/h6-12,23H,3-5,13-14H2,1-2H3,(H,27,28)(H,34,35)/t23-/m0/s1. The number of aromatic nitrogens is 4. The molecule has 2 aliphatic rings.